The summed E-state index contributed by atoms with van der Waals surface area (Å²) in [4.78, 5) is 25.6. The molecule has 0 aromatic rings. The highest BCUT2D eigenvalue weighted by atomic mass is 16.5. The molecule has 1 unspecified atom stereocenters. The fraction of sp³-hybridized carbons (Fsp3) is 0.857. The maximum Gasteiger partial charge on any atom is 0.239 e. The number of methoxy groups -OCH3 is 1. The number of rotatable bonds is 8. The number of likely N-dealkylation sites (tertiary alicyclic amines) is 1. The van der Waals surface area contributed by atoms with Crippen molar-refractivity contribution >= 4 is 11.8 Å². The van der Waals surface area contributed by atoms with E-state index >= 15 is 0 Å². The standard InChI is InChI=1S/C14H27N3O3/c1-12(14(19)17-8-4-3-5-9-17)16-11-13(18)15-7-6-10-20-2/h12,16H,3-11H2,1-2H3,(H,15,18). The Morgan fingerprint density at radius 1 is 1.25 bits per heavy atom. The van der Waals surface area contributed by atoms with E-state index in [1.165, 1.54) is 6.42 Å². The number of amides is 2. The van der Waals surface area contributed by atoms with Crippen molar-refractivity contribution in [1.29, 1.82) is 0 Å². The fourth-order valence-electron chi connectivity index (χ4n) is 2.23. The quantitative estimate of drug-likeness (QED) is 0.622. The molecular weight excluding hydrogens is 258 g/mol. The molecule has 0 aromatic carbocycles. The fourth-order valence-corrected chi connectivity index (χ4v) is 2.23. The summed E-state index contributed by atoms with van der Waals surface area (Å²) < 4.78 is 4.90. The Bertz CT molecular complexity index is 304. The van der Waals surface area contributed by atoms with Crippen LogP contribution in [0.3, 0.4) is 0 Å². The molecule has 2 amide bonds. The largest absolute Gasteiger partial charge is 0.385 e. The molecule has 20 heavy (non-hydrogen) atoms. The van der Waals surface area contributed by atoms with Crippen LogP contribution >= 0.6 is 0 Å². The minimum absolute atomic E-state index is 0.0839. The number of hydrogen-bond acceptors (Lipinski definition) is 4. The highest BCUT2D eigenvalue weighted by molar-refractivity contribution is 5.83. The van der Waals surface area contributed by atoms with Gasteiger partial charge in [-0.05, 0) is 32.6 Å². The number of piperidine rings is 1. The first-order valence-electron chi connectivity index (χ1n) is 7.43. The lowest BCUT2D eigenvalue weighted by atomic mass is 10.1. The molecule has 6 nitrogen and oxygen atoms in total. The second-order valence-electron chi connectivity index (χ2n) is 5.18. The minimum Gasteiger partial charge on any atom is -0.385 e. The van der Waals surface area contributed by atoms with E-state index in [4.69, 9.17) is 4.74 Å². The van der Waals surface area contributed by atoms with E-state index in [9.17, 15) is 9.59 Å². The molecule has 6 heteroatoms. The number of ether oxygens (including phenoxy) is 1. The van der Waals surface area contributed by atoms with Gasteiger partial charge in [-0.25, -0.2) is 0 Å². The summed E-state index contributed by atoms with van der Waals surface area (Å²) in [6.07, 6.45) is 4.16. The van der Waals surface area contributed by atoms with Gasteiger partial charge in [-0.15, -0.1) is 0 Å². The lowest BCUT2D eigenvalue weighted by molar-refractivity contribution is -0.134. The SMILES string of the molecule is COCCCNC(=O)CNC(C)C(=O)N1CCCCC1. The van der Waals surface area contributed by atoms with Crippen molar-refractivity contribution in [2.24, 2.45) is 0 Å². The molecule has 0 radical (unpaired) electrons. The van der Waals surface area contributed by atoms with E-state index in [0.29, 0.717) is 13.2 Å². The van der Waals surface area contributed by atoms with Gasteiger partial charge in [0.25, 0.3) is 0 Å². The minimum atomic E-state index is -0.308. The maximum absolute atomic E-state index is 12.1. The molecule has 1 saturated heterocycles. The van der Waals surface area contributed by atoms with Crippen LogP contribution in [0.2, 0.25) is 0 Å². The van der Waals surface area contributed by atoms with Gasteiger partial charge in [-0.1, -0.05) is 0 Å². The van der Waals surface area contributed by atoms with Crippen LogP contribution in [0.4, 0.5) is 0 Å². The smallest absolute Gasteiger partial charge is 0.239 e. The molecule has 0 aromatic heterocycles. The molecule has 1 rings (SSSR count). The molecule has 0 aliphatic carbocycles. The van der Waals surface area contributed by atoms with Gasteiger partial charge in [0.2, 0.25) is 11.8 Å². The van der Waals surface area contributed by atoms with Gasteiger partial charge in [-0.3, -0.25) is 14.9 Å². The lowest BCUT2D eigenvalue weighted by Crippen LogP contribution is -2.49. The van der Waals surface area contributed by atoms with Crippen molar-refractivity contribution in [1.82, 2.24) is 15.5 Å². The van der Waals surface area contributed by atoms with Crippen molar-refractivity contribution in [2.45, 2.75) is 38.6 Å². The number of nitrogens with one attached hydrogen (secondary N) is 2. The van der Waals surface area contributed by atoms with Crippen LogP contribution in [0.15, 0.2) is 0 Å². The van der Waals surface area contributed by atoms with Gasteiger partial charge in [0, 0.05) is 33.4 Å². The predicted octanol–water partition coefficient (Wildman–Crippen LogP) is 0.130. The Morgan fingerprint density at radius 2 is 1.95 bits per heavy atom. The van der Waals surface area contributed by atoms with Gasteiger partial charge in [0.15, 0.2) is 0 Å². The zero-order chi connectivity index (χ0) is 14.8. The third-order valence-corrected chi connectivity index (χ3v) is 3.45. The van der Waals surface area contributed by atoms with E-state index in [0.717, 1.165) is 32.4 Å². The molecule has 1 heterocycles. The summed E-state index contributed by atoms with van der Waals surface area (Å²) in [6.45, 7) is 4.91. The van der Waals surface area contributed by atoms with Gasteiger partial charge in [-0.2, -0.15) is 0 Å². The lowest BCUT2D eigenvalue weighted by Gasteiger charge is -2.29. The van der Waals surface area contributed by atoms with Crippen LogP contribution in [0.25, 0.3) is 0 Å². The Balaban J connectivity index is 2.16. The molecule has 1 fully saturated rings. The third kappa shape index (κ3) is 6.34. The van der Waals surface area contributed by atoms with Crippen molar-refractivity contribution in [3.8, 4) is 0 Å². The molecule has 1 aliphatic rings. The van der Waals surface area contributed by atoms with Crippen LogP contribution in [0.1, 0.15) is 32.6 Å². The van der Waals surface area contributed by atoms with Crippen molar-refractivity contribution in [3.05, 3.63) is 0 Å². The Labute approximate surface area is 121 Å². The normalized spacial score (nSPS) is 16.8. The first-order chi connectivity index (χ1) is 9.65. The highest BCUT2D eigenvalue weighted by Crippen LogP contribution is 2.09. The molecule has 0 bridgehead atoms. The Kier molecular flexibility index (Phi) is 8.22. The van der Waals surface area contributed by atoms with Gasteiger partial charge >= 0.3 is 0 Å². The van der Waals surface area contributed by atoms with Gasteiger partial charge < -0.3 is 15.0 Å². The molecule has 1 atom stereocenters. The summed E-state index contributed by atoms with van der Waals surface area (Å²) in [7, 11) is 1.64. The van der Waals surface area contributed by atoms with Crippen LogP contribution in [0.5, 0.6) is 0 Å². The first kappa shape index (κ1) is 16.9. The second kappa shape index (κ2) is 9.72. The van der Waals surface area contributed by atoms with Crippen molar-refractivity contribution < 1.29 is 14.3 Å². The molecule has 0 saturated carbocycles. The van der Waals surface area contributed by atoms with Crippen LogP contribution in [-0.4, -0.2) is 62.7 Å². The highest BCUT2D eigenvalue weighted by Gasteiger charge is 2.21. The van der Waals surface area contributed by atoms with Crippen LogP contribution in [0, 0.1) is 0 Å². The zero-order valence-electron chi connectivity index (χ0n) is 12.6. The molecular formula is C14H27N3O3. The molecule has 1 aliphatic heterocycles. The molecule has 0 spiro atoms. The summed E-state index contributed by atoms with van der Waals surface area (Å²) in [5.41, 5.74) is 0. The number of hydrogen-bond donors (Lipinski definition) is 2. The number of carbonyl (C=O) groups excluding carboxylic acids is 2. The predicted molar refractivity (Wildman–Crippen MR) is 77.4 cm³/mol. The van der Waals surface area contributed by atoms with Crippen molar-refractivity contribution in [3.63, 3.8) is 0 Å². The van der Waals surface area contributed by atoms with Gasteiger partial charge in [0.1, 0.15) is 0 Å². The van der Waals surface area contributed by atoms with Crippen LogP contribution in [-0.2, 0) is 14.3 Å². The summed E-state index contributed by atoms with van der Waals surface area (Å²) in [6, 6.07) is -0.308. The maximum atomic E-state index is 12.1. The van der Waals surface area contributed by atoms with Crippen molar-refractivity contribution in [2.75, 3.05) is 39.9 Å². The van der Waals surface area contributed by atoms with Crippen LogP contribution < -0.4 is 10.6 Å². The summed E-state index contributed by atoms with van der Waals surface area (Å²) in [5, 5.41) is 5.77. The number of nitrogens with zero attached hydrogens (tertiary/aromatic N) is 1. The summed E-state index contributed by atoms with van der Waals surface area (Å²) >= 11 is 0. The van der Waals surface area contributed by atoms with E-state index in [-0.39, 0.29) is 24.4 Å². The third-order valence-electron chi connectivity index (χ3n) is 3.45. The average molecular weight is 285 g/mol. The van der Waals surface area contributed by atoms with E-state index in [1.807, 2.05) is 11.8 Å². The second-order valence-corrected chi connectivity index (χ2v) is 5.18. The Morgan fingerprint density at radius 3 is 2.60 bits per heavy atom. The first-order valence-corrected chi connectivity index (χ1v) is 7.43. The topological polar surface area (TPSA) is 70.7 Å². The monoisotopic (exact) mass is 285 g/mol. The number of carbonyl (C=O) groups is 2. The molecule has 116 valence electrons. The van der Waals surface area contributed by atoms with Gasteiger partial charge in [0.05, 0.1) is 12.6 Å². The molecule has 2 N–H and O–H groups in total. The average Bonchev–Trinajstić information content (AvgIpc) is 2.49. The van der Waals surface area contributed by atoms with E-state index in [2.05, 4.69) is 10.6 Å². The van der Waals surface area contributed by atoms with E-state index in [1.54, 1.807) is 7.11 Å². The Hall–Kier alpha value is -1.14. The van der Waals surface area contributed by atoms with E-state index < -0.39 is 0 Å². The summed E-state index contributed by atoms with van der Waals surface area (Å²) in [5.74, 6) is 0.0104. The zero-order valence-corrected chi connectivity index (χ0v) is 12.6.